The number of epoxide rings is 1. The van der Waals surface area contributed by atoms with Crippen molar-refractivity contribution in [2.24, 2.45) is 0 Å². The van der Waals surface area contributed by atoms with Crippen LogP contribution in [0.25, 0.3) is 0 Å². The minimum Gasteiger partial charge on any atom is -0.491 e. The zero-order valence-corrected chi connectivity index (χ0v) is 15.3. The standard InChI is InChI=1S/C18H30O3Si/c1-4-21-22(5-2,6-3)13-7-8-16-9-11-17(12-10-16)19-14-18-15-20-18/h9-12,18H,4-8,13-15H2,1-3H3. The van der Waals surface area contributed by atoms with Gasteiger partial charge >= 0.3 is 0 Å². The molecule has 4 heteroatoms. The molecule has 1 unspecified atom stereocenters. The Morgan fingerprint density at radius 1 is 1.14 bits per heavy atom. The van der Waals surface area contributed by atoms with Crippen molar-refractivity contribution in [1.29, 1.82) is 0 Å². The lowest BCUT2D eigenvalue weighted by molar-refractivity contribution is 0.263. The van der Waals surface area contributed by atoms with E-state index in [1.54, 1.807) is 0 Å². The number of hydrogen-bond donors (Lipinski definition) is 0. The lowest BCUT2D eigenvalue weighted by atomic mass is 10.1. The largest absolute Gasteiger partial charge is 0.491 e. The third-order valence-corrected chi connectivity index (χ3v) is 9.34. The van der Waals surface area contributed by atoms with Crippen LogP contribution in [0.15, 0.2) is 24.3 Å². The zero-order valence-electron chi connectivity index (χ0n) is 14.3. The third-order valence-electron chi connectivity index (χ3n) is 4.60. The quantitative estimate of drug-likeness (QED) is 0.446. The summed E-state index contributed by atoms with van der Waals surface area (Å²) in [5.74, 6) is 0.944. The predicted molar refractivity (Wildman–Crippen MR) is 93.1 cm³/mol. The van der Waals surface area contributed by atoms with E-state index in [1.807, 2.05) is 0 Å². The highest BCUT2D eigenvalue weighted by molar-refractivity contribution is 6.73. The number of ether oxygens (including phenoxy) is 2. The molecule has 1 aromatic rings. The summed E-state index contributed by atoms with van der Waals surface area (Å²) in [4.78, 5) is 0. The van der Waals surface area contributed by atoms with Gasteiger partial charge in [-0.25, -0.2) is 0 Å². The fraction of sp³-hybridized carbons (Fsp3) is 0.667. The molecular weight excluding hydrogens is 292 g/mol. The van der Waals surface area contributed by atoms with Gasteiger partial charge in [0.1, 0.15) is 18.5 Å². The van der Waals surface area contributed by atoms with Crippen molar-refractivity contribution in [2.75, 3.05) is 19.8 Å². The van der Waals surface area contributed by atoms with Crippen molar-refractivity contribution in [3.8, 4) is 5.75 Å². The van der Waals surface area contributed by atoms with E-state index in [4.69, 9.17) is 13.9 Å². The van der Waals surface area contributed by atoms with E-state index in [-0.39, 0.29) is 0 Å². The van der Waals surface area contributed by atoms with E-state index in [0.717, 1.165) is 25.4 Å². The minimum absolute atomic E-state index is 0.319. The average molecular weight is 323 g/mol. The van der Waals surface area contributed by atoms with Crippen molar-refractivity contribution in [3.63, 3.8) is 0 Å². The van der Waals surface area contributed by atoms with E-state index >= 15 is 0 Å². The highest BCUT2D eigenvalue weighted by atomic mass is 28.4. The summed E-state index contributed by atoms with van der Waals surface area (Å²) in [7, 11) is -1.47. The van der Waals surface area contributed by atoms with Crippen LogP contribution >= 0.6 is 0 Å². The summed E-state index contributed by atoms with van der Waals surface area (Å²) in [5.41, 5.74) is 1.39. The predicted octanol–water partition coefficient (Wildman–Crippen LogP) is 4.42. The topological polar surface area (TPSA) is 31.0 Å². The van der Waals surface area contributed by atoms with E-state index in [2.05, 4.69) is 45.0 Å². The Labute approximate surface area is 136 Å². The molecule has 0 N–H and O–H groups in total. The van der Waals surface area contributed by atoms with Crippen LogP contribution in [0.3, 0.4) is 0 Å². The molecule has 0 saturated carbocycles. The van der Waals surface area contributed by atoms with Crippen LogP contribution in [-0.2, 0) is 15.6 Å². The second kappa shape index (κ2) is 8.70. The molecule has 1 heterocycles. The molecule has 1 fully saturated rings. The van der Waals surface area contributed by atoms with Gasteiger partial charge in [0.25, 0.3) is 0 Å². The van der Waals surface area contributed by atoms with Crippen LogP contribution in [0.2, 0.25) is 18.1 Å². The Hall–Kier alpha value is -0.843. The van der Waals surface area contributed by atoms with Crippen LogP contribution in [0.1, 0.15) is 32.8 Å². The monoisotopic (exact) mass is 322 g/mol. The fourth-order valence-electron chi connectivity index (χ4n) is 2.91. The fourth-order valence-corrected chi connectivity index (χ4v) is 6.10. The molecule has 1 atom stereocenters. The molecule has 0 amide bonds. The van der Waals surface area contributed by atoms with E-state index in [0.29, 0.717) is 12.7 Å². The molecule has 1 aliphatic rings. The second-order valence-corrected chi connectivity index (χ2v) is 10.7. The molecule has 0 spiro atoms. The molecule has 0 bridgehead atoms. The summed E-state index contributed by atoms with van der Waals surface area (Å²) in [6, 6.07) is 12.2. The average Bonchev–Trinajstić information content (AvgIpc) is 3.37. The normalized spacial score (nSPS) is 17.5. The molecule has 1 saturated heterocycles. The molecule has 124 valence electrons. The smallest absolute Gasteiger partial charge is 0.192 e. The number of aryl methyl sites for hydroxylation is 1. The zero-order chi connectivity index (χ0) is 15.8. The van der Waals surface area contributed by atoms with Gasteiger partial charge in [0, 0.05) is 6.61 Å². The molecule has 1 aliphatic heterocycles. The van der Waals surface area contributed by atoms with Crippen molar-refractivity contribution in [2.45, 2.75) is 57.8 Å². The lowest BCUT2D eigenvalue weighted by Gasteiger charge is -2.28. The van der Waals surface area contributed by atoms with Gasteiger partial charge in [0.15, 0.2) is 8.32 Å². The van der Waals surface area contributed by atoms with Crippen LogP contribution < -0.4 is 4.74 Å². The van der Waals surface area contributed by atoms with Gasteiger partial charge in [-0.2, -0.15) is 0 Å². The van der Waals surface area contributed by atoms with Crippen molar-refractivity contribution in [3.05, 3.63) is 29.8 Å². The van der Waals surface area contributed by atoms with Gasteiger partial charge in [-0.05, 0) is 55.6 Å². The summed E-state index contributed by atoms with van der Waals surface area (Å²) >= 11 is 0. The molecule has 3 nitrogen and oxygen atoms in total. The van der Waals surface area contributed by atoms with Gasteiger partial charge in [0.05, 0.1) is 6.61 Å². The molecule has 0 radical (unpaired) electrons. The highest BCUT2D eigenvalue weighted by Gasteiger charge is 2.29. The van der Waals surface area contributed by atoms with Gasteiger partial charge in [0.2, 0.25) is 0 Å². The van der Waals surface area contributed by atoms with Crippen LogP contribution in [-0.4, -0.2) is 34.2 Å². The molecular formula is C18H30O3Si. The highest BCUT2D eigenvalue weighted by Crippen LogP contribution is 2.25. The first-order valence-electron chi connectivity index (χ1n) is 8.68. The van der Waals surface area contributed by atoms with E-state index in [1.165, 1.54) is 30.1 Å². The molecule has 0 aliphatic carbocycles. The Bertz CT molecular complexity index is 424. The van der Waals surface area contributed by atoms with Gasteiger partial charge in [-0.3, -0.25) is 0 Å². The molecule has 22 heavy (non-hydrogen) atoms. The minimum atomic E-state index is -1.47. The maximum atomic E-state index is 6.15. The van der Waals surface area contributed by atoms with Crippen LogP contribution in [0.5, 0.6) is 5.75 Å². The SMILES string of the molecule is CCO[Si](CC)(CC)CCCc1ccc(OCC2CO2)cc1. The summed E-state index contributed by atoms with van der Waals surface area (Å²) in [6.07, 6.45) is 2.68. The van der Waals surface area contributed by atoms with Crippen LogP contribution in [0.4, 0.5) is 0 Å². The maximum Gasteiger partial charge on any atom is 0.192 e. The van der Waals surface area contributed by atoms with E-state index in [9.17, 15) is 0 Å². The first kappa shape index (κ1) is 17.5. The summed E-state index contributed by atoms with van der Waals surface area (Å²) < 4.78 is 17.0. The summed E-state index contributed by atoms with van der Waals surface area (Å²) in [5, 5.41) is 0. The van der Waals surface area contributed by atoms with Gasteiger partial charge in [-0.1, -0.05) is 26.0 Å². The van der Waals surface area contributed by atoms with E-state index < -0.39 is 8.32 Å². The second-order valence-electron chi connectivity index (χ2n) is 6.09. The van der Waals surface area contributed by atoms with Crippen molar-refractivity contribution in [1.82, 2.24) is 0 Å². The van der Waals surface area contributed by atoms with Crippen molar-refractivity contribution < 1.29 is 13.9 Å². The Morgan fingerprint density at radius 2 is 1.82 bits per heavy atom. The van der Waals surface area contributed by atoms with Gasteiger partial charge < -0.3 is 13.9 Å². The van der Waals surface area contributed by atoms with Gasteiger partial charge in [-0.15, -0.1) is 0 Å². The molecule has 1 aromatic carbocycles. The molecule has 0 aromatic heterocycles. The summed E-state index contributed by atoms with van der Waals surface area (Å²) in [6.45, 7) is 9.10. The third kappa shape index (κ3) is 5.41. The first-order valence-corrected chi connectivity index (χ1v) is 11.2. The molecule has 2 rings (SSSR count). The number of rotatable bonds is 11. The van der Waals surface area contributed by atoms with Crippen LogP contribution in [0, 0.1) is 0 Å². The Balaban J connectivity index is 1.75. The maximum absolute atomic E-state index is 6.15. The Kier molecular flexibility index (Phi) is 6.93. The number of hydrogen-bond acceptors (Lipinski definition) is 3. The Morgan fingerprint density at radius 3 is 2.36 bits per heavy atom. The number of benzene rings is 1. The lowest BCUT2D eigenvalue weighted by Crippen LogP contribution is -2.36. The van der Waals surface area contributed by atoms with Crippen molar-refractivity contribution >= 4 is 8.32 Å². The first-order chi connectivity index (χ1) is 10.7.